The fourth-order valence-electron chi connectivity index (χ4n) is 0.797. The number of hydrogen-bond donors (Lipinski definition) is 2. The lowest BCUT2D eigenvalue weighted by molar-refractivity contribution is 0.470. The predicted octanol–water partition coefficient (Wildman–Crippen LogP) is 2.52. The van der Waals surface area contributed by atoms with Crippen LogP contribution in [0.15, 0.2) is 21.6 Å². The first-order valence-corrected chi connectivity index (χ1v) is 4.94. The molecule has 0 amide bonds. The van der Waals surface area contributed by atoms with Crippen LogP contribution in [0.3, 0.4) is 0 Å². The number of halogens is 3. The minimum atomic E-state index is -0.581. The van der Waals surface area contributed by atoms with Crippen molar-refractivity contribution in [1.82, 2.24) is 0 Å². The third kappa shape index (κ3) is 2.59. The molecule has 0 aliphatic heterocycles. The van der Waals surface area contributed by atoms with Gasteiger partial charge in [-0.05, 0) is 22.0 Å². The number of aromatic hydroxyl groups is 1. The summed E-state index contributed by atoms with van der Waals surface area (Å²) in [7, 11) is 0. The zero-order chi connectivity index (χ0) is 10.7. The van der Waals surface area contributed by atoms with Crippen LogP contribution < -0.4 is 5.73 Å². The van der Waals surface area contributed by atoms with Crippen molar-refractivity contribution in [3.63, 3.8) is 0 Å². The molecule has 1 aromatic carbocycles. The molecule has 0 atom stereocenters. The van der Waals surface area contributed by atoms with Crippen molar-refractivity contribution in [2.24, 2.45) is 10.7 Å². The Balaban J connectivity index is 3.16. The van der Waals surface area contributed by atoms with Crippen molar-refractivity contribution < 1.29 is 9.50 Å². The minimum Gasteiger partial charge on any atom is -0.507 e. The van der Waals surface area contributed by atoms with E-state index in [1.807, 2.05) is 0 Å². The average molecular weight is 282 g/mol. The first kappa shape index (κ1) is 11.3. The van der Waals surface area contributed by atoms with Crippen LogP contribution >= 0.6 is 27.5 Å². The highest BCUT2D eigenvalue weighted by atomic mass is 79.9. The van der Waals surface area contributed by atoms with Crippen LogP contribution in [0.25, 0.3) is 0 Å². The number of hydrogen-bond acceptors (Lipinski definition) is 2. The lowest BCUT2D eigenvalue weighted by Gasteiger charge is -2.01. The number of amidine groups is 1. The van der Waals surface area contributed by atoms with Gasteiger partial charge in [0.2, 0.25) is 0 Å². The van der Waals surface area contributed by atoms with E-state index in [1.165, 1.54) is 6.07 Å². The molecule has 0 spiro atoms. The third-order valence-electron chi connectivity index (χ3n) is 1.42. The van der Waals surface area contributed by atoms with E-state index in [-0.39, 0.29) is 27.6 Å². The molecule has 0 radical (unpaired) electrons. The summed E-state index contributed by atoms with van der Waals surface area (Å²) in [6, 6.07) is 2.27. The lowest BCUT2D eigenvalue weighted by Crippen LogP contribution is -2.12. The summed E-state index contributed by atoms with van der Waals surface area (Å²) >= 11 is 8.34. The number of alkyl halides is 1. The Morgan fingerprint density at radius 1 is 1.64 bits per heavy atom. The van der Waals surface area contributed by atoms with Crippen LogP contribution in [0.2, 0.25) is 0 Å². The molecule has 6 heteroatoms. The highest BCUT2D eigenvalue weighted by Crippen LogP contribution is 2.31. The Morgan fingerprint density at radius 3 is 2.86 bits per heavy atom. The Bertz CT molecular complexity index is 384. The normalized spacial score (nSPS) is 11.8. The van der Waals surface area contributed by atoms with Crippen LogP contribution in [-0.4, -0.2) is 16.8 Å². The van der Waals surface area contributed by atoms with Gasteiger partial charge in [0, 0.05) is 6.07 Å². The van der Waals surface area contributed by atoms with E-state index < -0.39 is 5.82 Å². The van der Waals surface area contributed by atoms with Crippen LogP contribution in [0, 0.1) is 5.82 Å². The Hall–Kier alpha value is -0.810. The van der Waals surface area contributed by atoms with Crippen molar-refractivity contribution >= 4 is 39.1 Å². The van der Waals surface area contributed by atoms with Gasteiger partial charge >= 0.3 is 0 Å². The molecule has 0 unspecified atom stereocenters. The average Bonchev–Trinajstić information content (AvgIpc) is 2.14. The summed E-state index contributed by atoms with van der Waals surface area (Å²) in [5.41, 5.74) is 5.28. The largest absolute Gasteiger partial charge is 0.507 e. The van der Waals surface area contributed by atoms with E-state index in [0.717, 1.165) is 6.07 Å². The SMILES string of the molecule is NC(CCl)=Nc1cc(O)c(Br)cc1F. The highest BCUT2D eigenvalue weighted by molar-refractivity contribution is 9.10. The molecule has 3 N–H and O–H groups in total. The van der Waals surface area contributed by atoms with Gasteiger partial charge in [-0.3, -0.25) is 0 Å². The highest BCUT2D eigenvalue weighted by Gasteiger charge is 2.06. The van der Waals surface area contributed by atoms with E-state index in [0.29, 0.717) is 0 Å². The molecule has 14 heavy (non-hydrogen) atoms. The smallest absolute Gasteiger partial charge is 0.150 e. The molecule has 0 aliphatic carbocycles. The van der Waals surface area contributed by atoms with E-state index in [9.17, 15) is 9.50 Å². The summed E-state index contributed by atoms with van der Waals surface area (Å²) in [6.07, 6.45) is 0. The molecular formula is C8H7BrClFN2O. The topological polar surface area (TPSA) is 58.6 Å². The molecule has 0 saturated carbocycles. The molecule has 0 fully saturated rings. The molecule has 0 aliphatic rings. The first-order chi connectivity index (χ1) is 6.54. The number of phenols is 1. The van der Waals surface area contributed by atoms with Gasteiger partial charge in [-0.25, -0.2) is 9.38 Å². The van der Waals surface area contributed by atoms with Gasteiger partial charge in [0.25, 0.3) is 0 Å². The van der Waals surface area contributed by atoms with E-state index in [1.54, 1.807) is 0 Å². The van der Waals surface area contributed by atoms with Crippen LogP contribution in [0.4, 0.5) is 10.1 Å². The first-order valence-electron chi connectivity index (χ1n) is 3.61. The monoisotopic (exact) mass is 280 g/mol. The van der Waals surface area contributed by atoms with Gasteiger partial charge in [-0.2, -0.15) is 0 Å². The Kier molecular flexibility index (Phi) is 3.71. The molecule has 0 saturated heterocycles. The summed E-state index contributed by atoms with van der Waals surface area (Å²) < 4.78 is 13.4. The van der Waals surface area contributed by atoms with Crippen molar-refractivity contribution in [3.05, 3.63) is 22.4 Å². The zero-order valence-electron chi connectivity index (χ0n) is 6.97. The predicted molar refractivity (Wildman–Crippen MR) is 57.8 cm³/mol. The van der Waals surface area contributed by atoms with E-state index >= 15 is 0 Å². The molecule has 1 aromatic rings. The minimum absolute atomic E-state index is 0.0102. The maximum atomic E-state index is 13.2. The van der Waals surface area contributed by atoms with Crippen LogP contribution in [-0.2, 0) is 0 Å². The Morgan fingerprint density at radius 2 is 2.29 bits per heavy atom. The molecule has 0 heterocycles. The van der Waals surface area contributed by atoms with Crippen molar-refractivity contribution in [3.8, 4) is 5.75 Å². The molecule has 0 bridgehead atoms. The number of aliphatic imine (C=N–C) groups is 1. The summed E-state index contributed by atoms with van der Waals surface area (Å²) in [5, 5.41) is 9.25. The second kappa shape index (κ2) is 4.61. The number of rotatable bonds is 2. The standard InChI is InChI=1S/C8H7BrClFN2O/c9-4-1-5(11)6(2-7(4)14)13-8(12)3-10/h1-2,14H,3H2,(H2,12,13). The summed E-state index contributed by atoms with van der Waals surface area (Å²) in [4.78, 5) is 3.69. The summed E-state index contributed by atoms with van der Waals surface area (Å²) in [6.45, 7) is 0. The molecular weight excluding hydrogens is 274 g/mol. The third-order valence-corrected chi connectivity index (χ3v) is 2.33. The lowest BCUT2D eigenvalue weighted by atomic mass is 10.3. The molecule has 76 valence electrons. The van der Waals surface area contributed by atoms with Gasteiger partial charge in [-0.1, -0.05) is 0 Å². The van der Waals surface area contributed by atoms with E-state index in [4.69, 9.17) is 17.3 Å². The molecule has 1 rings (SSSR count). The number of nitrogens with two attached hydrogens (primary N) is 1. The van der Waals surface area contributed by atoms with Crippen LogP contribution in [0.5, 0.6) is 5.75 Å². The second-order valence-corrected chi connectivity index (χ2v) is 3.61. The quantitative estimate of drug-likeness (QED) is 0.497. The number of benzene rings is 1. The fraction of sp³-hybridized carbons (Fsp3) is 0.125. The van der Waals surface area contributed by atoms with Gasteiger partial charge in [0.15, 0.2) is 0 Å². The van der Waals surface area contributed by atoms with Gasteiger partial charge in [-0.15, -0.1) is 11.6 Å². The maximum absolute atomic E-state index is 13.2. The fourth-order valence-corrected chi connectivity index (χ4v) is 1.17. The number of nitrogens with zero attached hydrogens (tertiary/aromatic N) is 1. The van der Waals surface area contributed by atoms with Crippen molar-refractivity contribution in [2.75, 3.05) is 5.88 Å². The number of phenolic OH excluding ortho intramolecular Hbond substituents is 1. The second-order valence-electron chi connectivity index (χ2n) is 2.49. The van der Waals surface area contributed by atoms with Gasteiger partial charge in [0.1, 0.15) is 23.1 Å². The maximum Gasteiger partial charge on any atom is 0.150 e. The van der Waals surface area contributed by atoms with Crippen molar-refractivity contribution in [1.29, 1.82) is 0 Å². The van der Waals surface area contributed by atoms with Gasteiger partial charge in [0.05, 0.1) is 10.4 Å². The zero-order valence-corrected chi connectivity index (χ0v) is 9.31. The van der Waals surface area contributed by atoms with Gasteiger partial charge < -0.3 is 10.8 Å². The Labute approximate surface area is 93.5 Å². The summed E-state index contributed by atoms with van der Waals surface area (Å²) in [5.74, 6) is -0.585. The van der Waals surface area contributed by atoms with E-state index in [2.05, 4.69) is 20.9 Å². The van der Waals surface area contributed by atoms with Crippen molar-refractivity contribution in [2.45, 2.75) is 0 Å². The molecule has 3 nitrogen and oxygen atoms in total. The van der Waals surface area contributed by atoms with Crippen LogP contribution in [0.1, 0.15) is 0 Å². The molecule has 0 aromatic heterocycles.